The van der Waals surface area contributed by atoms with E-state index in [2.05, 4.69) is 15.3 Å². The lowest BCUT2D eigenvalue weighted by Crippen LogP contribution is -2.25. The van der Waals surface area contributed by atoms with Gasteiger partial charge in [-0.25, -0.2) is 9.37 Å². The minimum atomic E-state index is -0.391. The molecule has 28 heavy (non-hydrogen) atoms. The molecule has 0 amide bonds. The predicted octanol–water partition coefficient (Wildman–Crippen LogP) is 2.80. The van der Waals surface area contributed by atoms with Crippen LogP contribution in [-0.2, 0) is 4.74 Å². The van der Waals surface area contributed by atoms with E-state index in [0.29, 0.717) is 29.0 Å². The van der Waals surface area contributed by atoms with Crippen LogP contribution >= 0.6 is 0 Å². The highest BCUT2D eigenvalue weighted by atomic mass is 19.1. The lowest BCUT2D eigenvalue weighted by atomic mass is 10.2. The fraction of sp³-hybridized carbons (Fsp3) is 0.368. The zero-order chi connectivity index (χ0) is 19.4. The van der Waals surface area contributed by atoms with E-state index in [1.807, 2.05) is 13.8 Å². The van der Waals surface area contributed by atoms with Gasteiger partial charge in [-0.15, -0.1) is 5.10 Å². The largest absolute Gasteiger partial charge is 0.372 e. The van der Waals surface area contributed by atoms with Crippen LogP contribution in [0.25, 0.3) is 22.4 Å². The first-order valence-corrected chi connectivity index (χ1v) is 9.29. The molecule has 4 heterocycles. The van der Waals surface area contributed by atoms with Crippen molar-refractivity contribution in [1.82, 2.24) is 28.9 Å². The van der Waals surface area contributed by atoms with Crippen LogP contribution in [0.1, 0.15) is 44.5 Å². The third kappa shape index (κ3) is 2.39. The summed E-state index contributed by atoms with van der Waals surface area (Å²) >= 11 is 0. The molecule has 0 radical (unpaired) electrons. The Labute approximate surface area is 159 Å². The average molecular weight is 382 g/mol. The summed E-state index contributed by atoms with van der Waals surface area (Å²) in [5.41, 5.74) is 2.11. The van der Waals surface area contributed by atoms with Crippen LogP contribution < -0.4 is 5.56 Å². The molecule has 0 saturated carbocycles. The van der Waals surface area contributed by atoms with E-state index < -0.39 is 5.82 Å². The van der Waals surface area contributed by atoms with Crippen molar-refractivity contribution in [3.8, 4) is 5.82 Å². The van der Waals surface area contributed by atoms with E-state index >= 15 is 0 Å². The standard InChI is InChI=1S/C19H19FN6O2/c1-11(2)25-14-8-12(20)5-6-13(14)24-10-21-18(17(24)19(25)27)26-15(9-22-23-26)16-4-3-7-28-16/h5-6,8-11,16H,3-4,7H2,1-2H3. The zero-order valence-corrected chi connectivity index (χ0v) is 15.5. The van der Waals surface area contributed by atoms with Crippen molar-refractivity contribution in [3.05, 3.63) is 52.6 Å². The van der Waals surface area contributed by atoms with Crippen LogP contribution in [0.3, 0.4) is 0 Å². The Bertz CT molecular complexity index is 1250. The smallest absolute Gasteiger partial charge is 0.279 e. The first kappa shape index (κ1) is 17.1. The number of benzene rings is 1. The summed E-state index contributed by atoms with van der Waals surface area (Å²) in [5, 5.41) is 8.18. The molecule has 0 aliphatic carbocycles. The van der Waals surface area contributed by atoms with Gasteiger partial charge in [0.25, 0.3) is 5.56 Å². The minimum Gasteiger partial charge on any atom is -0.372 e. The van der Waals surface area contributed by atoms with Crippen LogP contribution in [0.4, 0.5) is 4.39 Å². The topological polar surface area (TPSA) is 79.2 Å². The molecule has 1 saturated heterocycles. The Morgan fingerprint density at radius 3 is 2.89 bits per heavy atom. The van der Waals surface area contributed by atoms with Crippen LogP contribution in [-0.4, -0.2) is 35.6 Å². The van der Waals surface area contributed by atoms with Crippen LogP contribution in [0.2, 0.25) is 0 Å². The van der Waals surface area contributed by atoms with E-state index in [-0.39, 0.29) is 17.7 Å². The number of fused-ring (bicyclic) bond motifs is 3. The van der Waals surface area contributed by atoms with Crippen molar-refractivity contribution in [1.29, 1.82) is 0 Å². The molecule has 5 rings (SSSR count). The number of rotatable bonds is 3. The molecule has 0 bridgehead atoms. The SMILES string of the molecule is CC(C)n1c(=O)c2c(-n3nncc3C3CCCO3)ncn2c2ccc(F)cc21. The van der Waals surface area contributed by atoms with Gasteiger partial charge in [0.05, 0.1) is 22.9 Å². The van der Waals surface area contributed by atoms with E-state index in [1.165, 1.54) is 12.1 Å². The van der Waals surface area contributed by atoms with Crippen LogP contribution in [0, 0.1) is 5.82 Å². The molecule has 4 aromatic rings. The number of imidazole rings is 1. The van der Waals surface area contributed by atoms with Gasteiger partial charge in [-0.1, -0.05) is 5.21 Å². The maximum absolute atomic E-state index is 13.9. The lowest BCUT2D eigenvalue weighted by molar-refractivity contribution is 0.106. The van der Waals surface area contributed by atoms with Gasteiger partial charge >= 0.3 is 0 Å². The molecule has 3 aromatic heterocycles. The molecule has 1 aliphatic heterocycles. The third-order valence-electron chi connectivity index (χ3n) is 5.18. The monoisotopic (exact) mass is 382 g/mol. The molecule has 1 unspecified atom stereocenters. The van der Waals surface area contributed by atoms with Crippen molar-refractivity contribution in [2.75, 3.05) is 6.61 Å². The summed E-state index contributed by atoms with van der Waals surface area (Å²) in [6, 6.07) is 4.26. The highest BCUT2D eigenvalue weighted by molar-refractivity contribution is 5.81. The zero-order valence-electron chi connectivity index (χ0n) is 15.5. The molecule has 1 aromatic carbocycles. The van der Waals surface area contributed by atoms with Gasteiger partial charge in [0.2, 0.25) is 0 Å². The number of nitrogens with zero attached hydrogens (tertiary/aromatic N) is 6. The molecule has 0 N–H and O–H groups in total. The summed E-state index contributed by atoms with van der Waals surface area (Å²) in [5.74, 6) is 0.00607. The Morgan fingerprint density at radius 1 is 1.29 bits per heavy atom. The van der Waals surface area contributed by atoms with E-state index in [9.17, 15) is 9.18 Å². The summed E-state index contributed by atoms with van der Waals surface area (Å²) in [7, 11) is 0. The molecule has 1 fully saturated rings. The maximum atomic E-state index is 13.9. The summed E-state index contributed by atoms with van der Waals surface area (Å²) in [6.07, 6.45) is 4.94. The molecule has 1 atom stereocenters. The first-order valence-electron chi connectivity index (χ1n) is 9.29. The van der Waals surface area contributed by atoms with Gasteiger partial charge in [0.15, 0.2) is 11.3 Å². The molecule has 1 aliphatic rings. The Hall–Kier alpha value is -3.07. The predicted molar refractivity (Wildman–Crippen MR) is 100 cm³/mol. The van der Waals surface area contributed by atoms with Crippen molar-refractivity contribution in [2.24, 2.45) is 0 Å². The first-order chi connectivity index (χ1) is 13.6. The van der Waals surface area contributed by atoms with Gasteiger partial charge in [-0.2, -0.15) is 4.68 Å². The molecular weight excluding hydrogens is 363 g/mol. The molecule has 8 nitrogen and oxygen atoms in total. The van der Waals surface area contributed by atoms with Gasteiger partial charge in [-0.05, 0) is 44.9 Å². The highest BCUT2D eigenvalue weighted by Gasteiger charge is 2.26. The van der Waals surface area contributed by atoms with Crippen LogP contribution in [0.15, 0.2) is 35.5 Å². The fourth-order valence-corrected chi connectivity index (χ4v) is 3.94. The third-order valence-corrected chi connectivity index (χ3v) is 5.18. The quantitative estimate of drug-likeness (QED) is 0.544. The van der Waals surface area contributed by atoms with Crippen molar-refractivity contribution >= 4 is 16.6 Å². The van der Waals surface area contributed by atoms with Gasteiger partial charge < -0.3 is 9.30 Å². The minimum absolute atomic E-state index is 0.117. The van der Waals surface area contributed by atoms with Gasteiger partial charge in [-0.3, -0.25) is 9.20 Å². The lowest BCUT2D eigenvalue weighted by Gasteiger charge is -2.16. The second-order valence-electron chi connectivity index (χ2n) is 7.26. The molecule has 0 spiro atoms. The second-order valence-corrected chi connectivity index (χ2v) is 7.26. The number of ether oxygens (including phenoxy) is 1. The Kier molecular flexibility index (Phi) is 3.80. The fourth-order valence-electron chi connectivity index (χ4n) is 3.94. The Balaban J connectivity index is 1.84. The normalized spacial score (nSPS) is 17.4. The molecular formula is C19H19FN6O2. The molecule has 144 valence electrons. The van der Waals surface area contributed by atoms with Gasteiger partial charge in [0, 0.05) is 12.6 Å². The van der Waals surface area contributed by atoms with Crippen molar-refractivity contribution in [2.45, 2.75) is 38.8 Å². The summed E-state index contributed by atoms with van der Waals surface area (Å²) in [4.78, 5) is 17.9. The summed E-state index contributed by atoms with van der Waals surface area (Å²) < 4.78 is 24.5. The van der Waals surface area contributed by atoms with Crippen molar-refractivity contribution < 1.29 is 9.13 Å². The molecule has 9 heteroatoms. The summed E-state index contributed by atoms with van der Waals surface area (Å²) in [6.45, 7) is 4.48. The number of hydrogen-bond acceptors (Lipinski definition) is 5. The van der Waals surface area contributed by atoms with E-state index in [0.717, 1.165) is 18.5 Å². The van der Waals surface area contributed by atoms with Crippen LogP contribution in [0.5, 0.6) is 0 Å². The van der Waals surface area contributed by atoms with Gasteiger partial charge in [0.1, 0.15) is 18.2 Å². The second kappa shape index (κ2) is 6.23. The van der Waals surface area contributed by atoms with E-state index in [1.54, 1.807) is 32.2 Å². The van der Waals surface area contributed by atoms with E-state index in [4.69, 9.17) is 4.74 Å². The number of halogens is 1. The maximum Gasteiger partial charge on any atom is 0.279 e. The number of hydrogen-bond donors (Lipinski definition) is 0. The van der Waals surface area contributed by atoms with Crippen molar-refractivity contribution in [3.63, 3.8) is 0 Å². The highest BCUT2D eigenvalue weighted by Crippen LogP contribution is 2.30. The number of aromatic nitrogens is 6. The average Bonchev–Trinajstić information content (AvgIpc) is 3.40. The Morgan fingerprint density at radius 2 is 2.14 bits per heavy atom.